The molecule has 0 spiro atoms. The van der Waals surface area contributed by atoms with Gasteiger partial charge >= 0.3 is 0 Å². The number of hydrogen-bond donors (Lipinski definition) is 2. The SMILES string of the molecule is O=C(NN=Cc1ccc(OCc2ccc(Cl)cc2)c(Br)c1)c1cc2ccccc2cc1O. The Morgan fingerprint density at radius 1 is 1.03 bits per heavy atom. The van der Waals surface area contributed by atoms with Crippen molar-refractivity contribution in [2.45, 2.75) is 6.61 Å². The summed E-state index contributed by atoms with van der Waals surface area (Å²) in [6, 6.07) is 23.6. The van der Waals surface area contributed by atoms with Crippen molar-refractivity contribution in [2.75, 3.05) is 0 Å². The summed E-state index contributed by atoms with van der Waals surface area (Å²) in [5, 5.41) is 16.6. The molecule has 4 aromatic carbocycles. The Hall–Kier alpha value is -3.35. The van der Waals surface area contributed by atoms with Gasteiger partial charge in [0, 0.05) is 5.02 Å². The second-order valence-corrected chi connectivity index (χ2v) is 8.31. The predicted molar refractivity (Wildman–Crippen MR) is 131 cm³/mol. The van der Waals surface area contributed by atoms with Crippen LogP contribution in [0.4, 0.5) is 0 Å². The van der Waals surface area contributed by atoms with Crippen molar-refractivity contribution in [1.82, 2.24) is 5.43 Å². The maximum atomic E-state index is 12.4. The summed E-state index contributed by atoms with van der Waals surface area (Å²) in [4.78, 5) is 12.4. The number of amides is 1. The van der Waals surface area contributed by atoms with Crippen molar-refractivity contribution in [1.29, 1.82) is 0 Å². The number of nitrogens with zero attached hydrogens (tertiary/aromatic N) is 1. The number of halogens is 2. The lowest BCUT2D eigenvalue weighted by atomic mass is 10.1. The molecule has 160 valence electrons. The minimum Gasteiger partial charge on any atom is -0.507 e. The molecule has 0 unspecified atom stereocenters. The summed E-state index contributed by atoms with van der Waals surface area (Å²) in [6.07, 6.45) is 1.52. The number of rotatable bonds is 6. The molecular weight excluding hydrogens is 492 g/mol. The first-order chi connectivity index (χ1) is 15.5. The Morgan fingerprint density at radius 3 is 2.47 bits per heavy atom. The number of hydrazone groups is 1. The quantitative estimate of drug-likeness (QED) is 0.236. The first-order valence-electron chi connectivity index (χ1n) is 9.71. The smallest absolute Gasteiger partial charge is 0.275 e. The average molecular weight is 510 g/mol. The highest BCUT2D eigenvalue weighted by Crippen LogP contribution is 2.27. The molecular formula is C25H18BrClN2O3. The number of hydrogen-bond acceptors (Lipinski definition) is 4. The van der Waals surface area contributed by atoms with E-state index in [-0.39, 0.29) is 11.3 Å². The zero-order chi connectivity index (χ0) is 22.5. The van der Waals surface area contributed by atoms with Crippen LogP contribution in [0.3, 0.4) is 0 Å². The zero-order valence-corrected chi connectivity index (χ0v) is 19.1. The summed E-state index contributed by atoms with van der Waals surface area (Å²) >= 11 is 9.39. The summed E-state index contributed by atoms with van der Waals surface area (Å²) in [5.41, 5.74) is 4.38. The number of aromatic hydroxyl groups is 1. The number of phenols is 1. The van der Waals surface area contributed by atoms with E-state index in [9.17, 15) is 9.90 Å². The van der Waals surface area contributed by atoms with E-state index in [4.69, 9.17) is 16.3 Å². The van der Waals surface area contributed by atoms with Crippen molar-refractivity contribution in [3.05, 3.63) is 105 Å². The van der Waals surface area contributed by atoms with Gasteiger partial charge in [0.1, 0.15) is 18.1 Å². The number of ether oxygens (including phenoxy) is 1. The fraction of sp³-hybridized carbons (Fsp3) is 0.0400. The van der Waals surface area contributed by atoms with E-state index >= 15 is 0 Å². The molecule has 0 heterocycles. The van der Waals surface area contributed by atoms with Crippen LogP contribution in [0.15, 0.2) is 88.4 Å². The van der Waals surface area contributed by atoms with Crippen LogP contribution in [0.2, 0.25) is 5.02 Å². The van der Waals surface area contributed by atoms with Gasteiger partial charge in [-0.1, -0.05) is 48.0 Å². The molecule has 0 atom stereocenters. The fourth-order valence-corrected chi connectivity index (χ4v) is 3.73. The third-order valence-electron chi connectivity index (χ3n) is 4.75. The normalized spacial score (nSPS) is 11.1. The summed E-state index contributed by atoms with van der Waals surface area (Å²) in [5.74, 6) is 0.0926. The number of benzene rings is 4. The highest BCUT2D eigenvalue weighted by molar-refractivity contribution is 9.10. The number of fused-ring (bicyclic) bond motifs is 1. The fourth-order valence-electron chi connectivity index (χ4n) is 3.09. The number of nitrogens with one attached hydrogen (secondary N) is 1. The second kappa shape index (κ2) is 9.85. The van der Waals surface area contributed by atoms with Crippen molar-refractivity contribution in [3.8, 4) is 11.5 Å². The van der Waals surface area contributed by atoms with Crippen LogP contribution in [-0.2, 0) is 6.61 Å². The highest BCUT2D eigenvalue weighted by Gasteiger charge is 2.11. The standard InChI is InChI=1S/C25H18BrClN2O3/c26-22-11-17(7-10-24(22)32-15-16-5-8-20(27)9-6-16)14-28-29-25(31)21-12-18-3-1-2-4-19(18)13-23(21)30/h1-14,30H,15H2,(H,29,31). The number of carbonyl (C=O) groups excluding carboxylic acids is 1. The summed E-state index contributed by atoms with van der Waals surface area (Å²) in [7, 11) is 0. The molecule has 0 bridgehead atoms. The van der Waals surface area contributed by atoms with E-state index in [1.54, 1.807) is 12.1 Å². The van der Waals surface area contributed by atoms with Crippen LogP contribution in [0, 0.1) is 0 Å². The van der Waals surface area contributed by atoms with Crippen LogP contribution < -0.4 is 10.2 Å². The lowest BCUT2D eigenvalue weighted by molar-refractivity contribution is 0.0952. The van der Waals surface area contributed by atoms with Crippen LogP contribution >= 0.6 is 27.5 Å². The minimum atomic E-state index is -0.494. The molecule has 5 nitrogen and oxygen atoms in total. The second-order valence-electron chi connectivity index (χ2n) is 7.02. The van der Waals surface area contributed by atoms with E-state index in [2.05, 4.69) is 26.5 Å². The Kier molecular flexibility index (Phi) is 6.73. The van der Waals surface area contributed by atoms with Crippen LogP contribution in [-0.4, -0.2) is 17.2 Å². The van der Waals surface area contributed by atoms with Gasteiger partial charge in [-0.3, -0.25) is 4.79 Å². The highest BCUT2D eigenvalue weighted by atomic mass is 79.9. The molecule has 7 heteroatoms. The maximum absolute atomic E-state index is 12.4. The van der Waals surface area contributed by atoms with Gasteiger partial charge in [0.05, 0.1) is 16.3 Å². The lowest BCUT2D eigenvalue weighted by Gasteiger charge is -2.09. The molecule has 0 radical (unpaired) electrons. The molecule has 0 aromatic heterocycles. The zero-order valence-electron chi connectivity index (χ0n) is 16.8. The molecule has 0 aliphatic carbocycles. The molecule has 4 aromatic rings. The van der Waals surface area contributed by atoms with Crippen LogP contribution in [0.1, 0.15) is 21.5 Å². The van der Waals surface area contributed by atoms with Gasteiger partial charge in [-0.05, 0) is 80.3 Å². The topological polar surface area (TPSA) is 70.9 Å². The van der Waals surface area contributed by atoms with Gasteiger partial charge in [-0.25, -0.2) is 5.43 Å². The third kappa shape index (κ3) is 5.28. The first-order valence-corrected chi connectivity index (χ1v) is 10.9. The molecule has 0 aliphatic rings. The van der Waals surface area contributed by atoms with Gasteiger partial charge < -0.3 is 9.84 Å². The van der Waals surface area contributed by atoms with Gasteiger partial charge in [-0.15, -0.1) is 0 Å². The molecule has 32 heavy (non-hydrogen) atoms. The minimum absolute atomic E-state index is 0.0960. The molecule has 2 N–H and O–H groups in total. The molecule has 0 fully saturated rings. The van der Waals surface area contributed by atoms with E-state index in [0.29, 0.717) is 17.4 Å². The van der Waals surface area contributed by atoms with Gasteiger partial charge in [-0.2, -0.15) is 5.10 Å². The van der Waals surface area contributed by atoms with E-state index in [1.807, 2.05) is 66.7 Å². The largest absolute Gasteiger partial charge is 0.507 e. The van der Waals surface area contributed by atoms with Crippen molar-refractivity contribution in [2.24, 2.45) is 5.10 Å². The molecule has 0 aliphatic heterocycles. The van der Waals surface area contributed by atoms with Crippen LogP contribution in [0.25, 0.3) is 10.8 Å². The van der Waals surface area contributed by atoms with Crippen molar-refractivity contribution < 1.29 is 14.6 Å². The first kappa shape index (κ1) is 21.9. The van der Waals surface area contributed by atoms with E-state index in [0.717, 1.165) is 26.4 Å². The Morgan fingerprint density at radius 2 is 1.75 bits per heavy atom. The summed E-state index contributed by atoms with van der Waals surface area (Å²) in [6.45, 7) is 0.411. The van der Waals surface area contributed by atoms with Gasteiger partial charge in [0.25, 0.3) is 5.91 Å². The number of carbonyl (C=O) groups is 1. The van der Waals surface area contributed by atoms with Gasteiger partial charge in [0.15, 0.2) is 0 Å². The monoisotopic (exact) mass is 508 g/mol. The molecule has 4 rings (SSSR count). The Balaban J connectivity index is 1.39. The van der Waals surface area contributed by atoms with Crippen molar-refractivity contribution >= 4 is 50.4 Å². The predicted octanol–water partition coefficient (Wildman–Crippen LogP) is 6.30. The van der Waals surface area contributed by atoms with E-state index in [1.165, 1.54) is 6.21 Å². The van der Waals surface area contributed by atoms with Crippen molar-refractivity contribution in [3.63, 3.8) is 0 Å². The van der Waals surface area contributed by atoms with Crippen LogP contribution in [0.5, 0.6) is 11.5 Å². The molecule has 1 amide bonds. The third-order valence-corrected chi connectivity index (χ3v) is 5.62. The molecule has 0 saturated heterocycles. The average Bonchev–Trinajstić information content (AvgIpc) is 2.79. The number of phenolic OH excluding ortho intramolecular Hbond substituents is 1. The lowest BCUT2D eigenvalue weighted by Crippen LogP contribution is -2.17. The Labute approximate surface area is 198 Å². The van der Waals surface area contributed by atoms with Gasteiger partial charge in [0.2, 0.25) is 0 Å². The maximum Gasteiger partial charge on any atom is 0.275 e. The van der Waals surface area contributed by atoms with E-state index < -0.39 is 5.91 Å². The summed E-state index contributed by atoms with van der Waals surface area (Å²) < 4.78 is 6.59. The Bertz CT molecular complexity index is 1310. The molecule has 0 saturated carbocycles.